The van der Waals surface area contributed by atoms with E-state index in [0.29, 0.717) is 31.4 Å². The molecule has 0 radical (unpaired) electrons. The van der Waals surface area contributed by atoms with Crippen LogP contribution in [0.15, 0.2) is 16.4 Å². The van der Waals surface area contributed by atoms with Crippen molar-refractivity contribution in [1.29, 1.82) is 0 Å². The van der Waals surface area contributed by atoms with Crippen LogP contribution >= 0.6 is 8.46 Å². The molecule has 2 N–H and O–H groups in total. The number of carbonyl (C=O) groups excluding carboxylic acids is 3. The van der Waals surface area contributed by atoms with Crippen LogP contribution in [0.5, 0.6) is 0 Å². The summed E-state index contributed by atoms with van der Waals surface area (Å²) in [5.74, 6) is -2.71. The zero-order valence-corrected chi connectivity index (χ0v) is 35.5. The molecule has 3 aliphatic rings. The summed E-state index contributed by atoms with van der Waals surface area (Å²) in [7, 11) is 5.26. The number of methoxy groups -OCH3 is 1. The Morgan fingerprint density at radius 3 is 2.47 bits per heavy atom. The number of ether oxygens (including phenoxy) is 6. The first-order valence-corrected chi connectivity index (χ1v) is 20.0. The van der Waals surface area contributed by atoms with Crippen LogP contribution in [0.1, 0.15) is 94.4 Å². The lowest BCUT2D eigenvalue weighted by molar-refractivity contribution is -0.266. The lowest BCUT2D eigenvalue weighted by atomic mass is 9.80. The van der Waals surface area contributed by atoms with Gasteiger partial charge in [-0.3, -0.25) is 14.3 Å². The molecule has 0 saturated carbocycles. The summed E-state index contributed by atoms with van der Waals surface area (Å²) < 4.78 is 49.6. The van der Waals surface area contributed by atoms with E-state index in [4.69, 9.17) is 34.0 Å². The molecule has 55 heavy (non-hydrogen) atoms. The van der Waals surface area contributed by atoms with E-state index in [-0.39, 0.29) is 58.2 Å². The minimum atomic E-state index is -1.50. The molecule has 3 unspecified atom stereocenters. The highest BCUT2D eigenvalue weighted by molar-refractivity contribution is 7.25. The molecule has 3 rings (SSSR count). The SMILES string of the molecule is CC[C@@H](O)[C@@]1(C)OC(=O)N(CCCCN=[N+]=[N-])[C@@H]1C(=O)NC[C@H](C)C[C@@](C)(OC)[C@H](O[C@@H]1OC(C)CC(N(C)C)C1P=O)[C@@H](C)C1=C(C)C(=O)OC(C)(C)O1. The first-order chi connectivity index (χ1) is 25.7. The summed E-state index contributed by atoms with van der Waals surface area (Å²) in [6.45, 7) is 16.4. The molecule has 0 aromatic carbocycles. The lowest BCUT2D eigenvalue weighted by Gasteiger charge is -2.47. The largest absolute Gasteiger partial charge is 0.456 e. The molecule has 0 spiro atoms. The molecule has 0 aromatic heterocycles. The number of hydrogen-bond donors (Lipinski definition) is 2. The van der Waals surface area contributed by atoms with Crippen molar-refractivity contribution in [3.8, 4) is 0 Å². The molecule has 11 atom stereocenters. The van der Waals surface area contributed by atoms with E-state index in [0.717, 1.165) is 0 Å². The van der Waals surface area contributed by atoms with Gasteiger partial charge >= 0.3 is 12.1 Å². The van der Waals surface area contributed by atoms with Crippen molar-refractivity contribution in [3.05, 3.63) is 21.8 Å². The van der Waals surface area contributed by atoms with Crippen LogP contribution in [-0.2, 0) is 42.6 Å². The smallest absolute Gasteiger partial charge is 0.411 e. The normalized spacial score (nSPS) is 30.1. The van der Waals surface area contributed by atoms with Crippen molar-refractivity contribution >= 4 is 26.4 Å². The number of aliphatic hydroxyl groups is 1. The zero-order chi connectivity index (χ0) is 41.5. The van der Waals surface area contributed by atoms with Crippen molar-refractivity contribution in [3.63, 3.8) is 0 Å². The average molecular weight is 799 g/mol. The molecule has 0 aliphatic carbocycles. The van der Waals surface area contributed by atoms with Crippen LogP contribution in [-0.4, -0.2) is 133 Å². The molecule has 3 heterocycles. The van der Waals surface area contributed by atoms with Gasteiger partial charge < -0.3 is 43.7 Å². The summed E-state index contributed by atoms with van der Waals surface area (Å²) in [5, 5.41) is 17.5. The number of cyclic esters (lactones) is 2. The summed E-state index contributed by atoms with van der Waals surface area (Å²) in [6, 6.07) is -1.23. The number of amides is 2. The summed E-state index contributed by atoms with van der Waals surface area (Å²) >= 11 is 0. The summed E-state index contributed by atoms with van der Waals surface area (Å²) in [4.78, 5) is 46.2. The number of carbonyl (C=O) groups is 3. The van der Waals surface area contributed by atoms with E-state index >= 15 is 0 Å². The lowest BCUT2D eigenvalue weighted by Crippen LogP contribution is -2.59. The van der Waals surface area contributed by atoms with Crippen LogP contribution in [0, 0.1) is 11.8 Å². The second kappa shape index (κ2) is 19.4. The first-order valence-electron chi connectivity index (χ1n) is 19.1. The number of unbranched alkanes of at least 4 members (excludes halogenated alkanes) is 1. The Morgan fingerprint density at radius 1 is 1.22 bits per heavy atom. The van der Waals surface area contributed by atoms with Crippen LogP contribution in [0.4, 0.5) is 4.79 Å². The van der Waals surface area contributed by atoms with Crippen molar-refractivity contribution in [2.45, 2.75) is 154 Å². The molecule has 18 heteroatoms. The monoisotopic (exact) mass is 798 g/mol. The van der Waals surface area contributed by atoms with E-state index in [1.807, 2.05) is 46.7 Å². The molecular weight excluding hydrogens is 735 g/mol. The predicted octanol–water partition coefficient (Wildman–Crippen LogP) is 5.31. The van der Waals surface area contributed by atoms with Crippen LogP contribution in [0.25, 0.3) is 10.4 Å². The quantitative estimate of drug-likeness (QED) is 0.0401. The third-order valence-electron chi connectivity index (χ3n) is 11.0. The maximum Gasteiger partial charge on any atom is 0.411 e. The number of nitrogens with one attached hydrogen (secondary N) is 1. The molecule has 2 amide bonds. The second-order valence-corrected chi connectivity index (χ2v) is 17.0. The van der Waals surface area contributed by atoms with E-state index in [9.17, 15) is 24.1 Å². The van der Waals surface area contributed by atoms with Gasteiger partial charge in [-0.25, -0.2) is 9.59 Å². The van der Waals surface area contributed by atoms with Crippen molar-refractivity contribution in [2.24, 2.45) is 17.0 Å². The fraction of sp³-hybridized carbons (Fsp3) is 0.865. The average Bonchev–Trinajstić information content (AvgIpc) is 3.38. The first kappa shape index (κ1) is 46.3. The topological polar surface area (TPSA) is 211 Å². The van der Waals surface area contributed by atoms with Gasteiger partial charge in [0, 0.05) is 57.5 Å². The van der Waals surface area contributed by atoms with Gasteiger partial charge in [-0.15, -0.1) is 0 Å². The Morgan fingerprint density at radius 2 is 1.89 bits per heavy atom. The Kier molecular flexibility index (Phi) is 16.4. The van der Waals surface area contributed by atoms with Crippen molar-refractivity contribution < 1.29 is 52.5 Å². The van der Waals surface area contributed by atoms with Gasteiger partial charge in [0.1, 0.15) is 11.4 Å². The Labute approximate surface area is 326 Å². The molecule has 2 saturated heterocycles. The molecule has 3 aliphatic heterocycles. The van der Waals surface area contributed by atoms with E-state index < -0.39 is 71.1 Å². The fourth-order valence-electron chi connectivity index (χ4n) is 8.00. The highest BCUT2D eigenvalue weighted by atomic mass is 31.1. The maximum absolute atomic E-state index is 14.0. The third-order valence-corrected chi connectivity index (χ3v) is 11.9. The molecule has 2 fully saturated rings. The standard InChI is InChI=1S/C37H63N6O11P/c1-13-26(44)37(9)29(43(34(47)54-37)17-15-14-16-40-41-38)31(45)39-20-21(2)19-36(8,49-12)30(23(4)27-24(5)32(46)53-35(6,7)52-27)51-33-28(55-48)25(42(10)11)18-22(3)50-33/h21-23,25-26,28-30,33,44H,13-20H2,1-12H3,(H,39,45)/t21-,22?,23+,25?,26-,28?,29-,30-,33+,36-,37-/m1/s1. The fourth-order valence-corrected chi connectivity index (χ4v) is 8.77. The minimum Gasteiger partial charge on any atom is -0.456 e. The van der Waals surface area contributed by atoms with E-state index in [1.165, 1.54) is 4.90 Å². The number of azide groups is 1. The van der Waals surface area contributed by atoms with Crippen LogP contribution in [0.3, 0.4) is 0 Å². The molecule has 0 bridgehead atoms. The highest BCUT2D eigenvalue weighted by Gasteiger charge is 2.58. The predicted molar refractivity (Wildman–Crippen MR) is 203 cm³/mol. The van der Waals surface area contributed by atoms with Crippen LogP contribution in [0.2, 0.25) is 0 Å². The highest BCUT2D eigenvalue weighted by Crippen LogP contribution is 2.42. The molecule has 17 nitrogen and oxygen atoms in total. The molecule has 312 valence electrons. The Hall–Kier alpha value is -3.04. The second-order valence-electron chi connectivity index (χ2n) is 16.2. The van der Waals surface area contributed by atoms with Gasteiger partial charge in [0.2, 0.25) is 11.7 Å². The number of hydrogen-bond acceptors (Lipinski definition) is 13. The van der Waals surface area contributed by atoms with E-state index in [1.54, 1.807) is 41.7 Å². The summed E-state index contributed by atoms with van der Waals surface area (Å²) in [6.07, 6.45) is -1.56. The maximum atomic E-state index is 14.0. The van der Waals surface area contributed by atoms with Gasteiger partial charge in [-0.2, -0.15) is 0 Å². The van der Waals surface area contributed by atoms with Crippen molar-refractivity contribution in [2.75, 3.05) is 40.8 Å². The minimum absolute atomic E-state index is 0.110. The number of nitrogens with zero attached hydrogens (tertiary/aromatic N) is 5. The van der Waals surface area contributed by atoms with Gasteiger partial charge in [-0.1, -0.05) is 25.9 Å². The Balaban J connectivity index is 1.93. The Bertz CT molecular complexity index is 1460. The number of esters is 1. The number of rotatable bonds is 20. The van der Waals surface area contributed by atoms with Gasteiger partial charge in [-0.05, 0) is 85.3 Å². The molecule has 0 aromatic rings. The zero-order valence-electron chi connectivity index (χ0n) is 34.6. The van der Waals surface area contributed by atoms with Crippen molar-refractivity contribution in [1.82, 2.24) is 15.1 Å². The van der Waals surface area contributed by atoms with E-state index in [2.05, 4.69) is 15.3 Å². The van der Waals surface area contributed by atoms with Gasteiger partial charge in [0.25, 0.3) is 0 Å². The third kappa shape index (κ3) is 10.9. The van der Waals surface area contributed by atoms with Gasteiger partial charge in [0.15, 0.2) is 26.4 Å². The summed E-state index contributed by atoms with van der Waals surface area (Å²) in [5.41, 5.74) is 5.76. The number of aliphatic hydroxyl groups excluding tert-OH is 1. The van der Waals surface area contributed by atoms with Crippen LogP contribution < -0.4 is 5.32 Å². The van der Waals surface area contributed by atoms with Gasteiger partial charge in [0.05, 0.1) is 29.5 Å². The molecular formula is C37H63N6O11P.